The number of benzene rings is 1. The standard InChI is InChI=1S/C27H28Cl2F2N2O3/c1-16(30)11-17(28)7-6-10-27(13-32)20(12-26(4)14-35-15-26)33-23(24(34)36-25(33,2)3)21(27)18-8-5-9-19(29)22(18)31/h5-11,20-21,23H,12,14-15H2,1-4H3/b10-6+,16-11+,17-7+/t20-,21-,23+,27+/m0/s1. The van der Waals surface area contributed by atoms with Crippen LogP contribution in [0.2, 0.25) is 5.02 Å². The van der Waals surface area contributed by atoms with Crippen LogP contribution in [-0.2, 0) is 14.3 Å². The summed E-state index contributed by atoms with van der Waals surface area (Å²) >= 11 is 12.3. The first-order valence-electron chi connectivity index (χ1n) is 11.7. The number of halogens is 4. The minimum absolute atomic E-state index is 0.102. The molecule has 0 radical (unpaired) electrons. The van der Waals surface area contributed by atoms with Gasteiger partial charge in [-0.1, -0.05) is 54.4 Å². The summed E-state index contributed by atoms with van der Waals surface area (Å²) < 4.78 is 40.0. The fraction of sp³-hybridized carbons (Fsp3) is 0.481. The van der Waals surface area contributed by atoms with E-state index in [-0.39, 0.29) is 21.0 Å². The number of esters is 1. The summed E-state index contributed by atoms with van der Waals surface area (Å²) in [4.78, 5) is 15.2. The van der Waals surface area contributed by atoms with Crippen molar-refractivity contribution in [1.82, 2.24) is 4.90 Å². The number of nitrogens with zero attached hydrogens (tertiary/aromatic N) is 2. The van der Waals surface area contributed by atoms with E-state index in [0.29, 0.717) is 19.6 Å². The SMILES string of the molecule is C\C(F)=C/C(Cl)=C\C=C\[C@@]1(C#N)[C@H](CC2(C)COC2)N2[C@@H](C(=O)OC2(C)C)[C@@H]1c1cccc(Cl)c1F. The van der Waals surface area contributed by atoms with Crippen molar-refractivity contribution in [3.63, 3.8) is 0 Å². The Balaban J connectivity index is 1.95. The molecule has 0 unspecified atom stereocenters. The molecule has 192 valence electrons. The number of hydrogen-bond donors (Lipinski definition) is 0. The molecule has 0 spiro atoms. The average molecular weight is 537 g/mol. The van der Waals surface area contributed by atoms with Crippen LogP contribution in [-0.4, -0.2) is 41.9 Å². The highest BCUT2D eigenvalue weighted by atomic mass is 35.5. The van der Waals surface area contributed by atoms with Crippen LogP contribution in [0.5, 0.6) is 0 Å². The second-order valence-electron chi connectivity index (χ2n) is 10.6. The molecule has 3 fully saturated rings. The zero-order chi connectivity index (χ0) is 26.5. The Morgan fingerprint density at radius 3 is 2.61 bits per heavy atom. The number of hydrogen-bond acceptors (Lipinski definition) is 5. The summed E-state index contributed by atoms with van der Waals surface area (Å²) in [5.74, 6) is -2.61. The fourth-order valence-electron chi connectivity index (χ4n) is 5.80. The maximum absolute atomic E-state index is 15.5. The number of ether oxygens (including phenoxy) is 2. The van der Waals surface area contributed by atoms with Crippen LogP contribution >= 0.6 is 23.2 Å². The maximum Gasteiger partial charge on any atom is 0.325 e. The van der Waals surface area contributed by atoms with E-state index in [1.807, 2.05) is 4.90 Å². The lowest BCUT2D eigenvalue weighted by atomic mass is 9.65. The van der Waals surface area contributed by atoms with E-state index in [0.717, 1.165) is 6.08 Å². The number of rotatable bonds is 6. The molecule has 0 amide bonds. The Hall–Kier alpha value is -2.24. The van der Waals surface area contributed by atoms with Crippen molar-refractivity contribution in [1.29, 1.82) is 5.26 Å². The molecule has 1 aromatic rings. The number of fused-ring (bicyclic) bond motifs is 1. The number of carbonyl (C=O) groups is 1. The normalized spacial score (nSPS) is 31.8. The third-order valence-electron chi connectivity index (χ3n) is 7.29. The van der Waals surface area contributed by atoms with Crippen molar-refractivity contribution in [2.75, 3.05) is 13.2 Å². The van der Waals surface area contributed by atoms with Crippen molar-refractivity contribution >= 4 is 29.2 Å². The van der Waals surface area contributed by atoms with Crippen LogP contribution in [0.4, 0.5) is 8.78 Å². The van der Waals surface area contributed by atoms with E-state index in [9.17, 15) is 14.4 Å². The van der Waals surface area contributed by atoms with E-state index in [1.165, 1.54) is 19.1 Å². The molecular formula is C27H28Cl2F2N2O3. The van der Waals surface area contributed by atoms with Crippen LogP contribution in [0.15, 0.2) is 53.4 Å². The summed E-state index contributed by atoms with van der Waals surface area (Å²) in [5, 5.41) is 10.8. The molecule has 3 aliphatic rings. The van der Waals surface area contributed by atoms with Gasteiger partial charge in [-0.05, 0) is 51.0 Å². The molecule has 36 heavy (non-hydrogen) atoms. The van der Waals surface area contributed by atoms with Crippen molar-refractivity contribution < 1.29 is 23.0 Å². The molecule has 3 saturated heterocycles. The van der Waals surface area contributed by atoms with E-state index in [1.54, 1.807) is 38.1 Å². The van der Waals surface area contributed by atoms with Crippen molar-refractivity contribution in [3.05, 3.63) is 69.8 Å². The quantitative estimate of drug-likeness (QED) is 0.311. The molecule has 9 heteroatoms. The van der Waals surface area contributed by atoms with E-state index < -0.39 is 46.8 Å². The Labute approximate surface area is 219 Å². The van der Waals surface area contributed by atoms with Gasteiger partial charge < -0.3 is 9.47 Å². The number of allylic oxidation sites excluding steroid dienone is 5. The molecule has 1 aromatic carbocycles. The third-order valence-corrected chi connectivity index (χ3v) is 7.82. The predicted octanol–water partition coefficient (Wildman–Crippen LogP) is 6.40. The maximum atomic E-state index is 15.5. The van der Waals surface area contributed by atoms with Gasteiger partial charge in [0.25, 0.3) is 0 Å². The van der Waals surface area contributed by atoms with Gasteiger partial charge in [-0.2, -0.15) is 5.26 Å². The van der Waals surface area contributed by atoms with Gasteiger partial charge in [-0.25, -0.2) is 13.7 Å². The molecule has 3 heterocycles. The molecule has 0 N–H and O–H groups in total. The largest absolute Gasteiger partial charge is 0.443 e. The van der Waals surface area contributed by atoms with Crippen molar-refractivity contribution in [2.24, 2.45) is 10.8 Å². The first-order valence-corrected chi connectivity index (χ1v) is 12.4. The molecule has 0 bridgehead atoms. The molecule has 0 aromatic heterocycles. The third kappa shape index (κ3) is 4.50. The van der Waals surface area contributed by atoms with Crippen LogP contribution in [0.25, 0.3) is 0 Å². The van der Waals surface area contributed by atoms with Crippen molar-refractivity contribution in [3.8, 4) is 6.07 Å². The second kappa shape index (κ2) is 9.57. The lowest BCUT2D eigenvalue weighted by Gasteiger charge is -2.46. The van der Waals surface area contributed by atoms with Crippen LogP contribution in [0.3, 0.4) is 0 Å². The van der Waals surface area contributed by atoms with Gasteiger partial charge in [0.1, 0.15) is 17.3 Å². The highest BCUT2D eigenvalue weighted by Crippen LogP contribution is 2.60. The average Bonchev–Trinajstić information content (AvgIpc) is 3.17. The van der Waals surface area contributed by atoms with Gasteiger partial charge in [-0.15, -0.1) is 0 Å². The highest BCUT2D eigenvalue weighted by molar-refractivity contribution is 6.31. The topological polar surface area (TPSA) is 62.6 Å². The Kier molecular flexibility index (Phi) is 7.13. The zero-order valence-corrected chi connectivity index (χ0v) is 22.0. The summed E-state index contributed by atoms with van der Waals surface area (Å²) in [7, 11) is 0. The van der Waals surface area contributed by atoms with Crippen LogP contribution in [0.1, 0.15) is 45.6 Å². The molecule has 0 aliphatic carbocycles. The Morgan fingerprint density at radius 1 is 1.33 bits per heavy atom. The fourth-order valence-corrected chi connectivity index (χ4v) is 6.20. The summed E-state index contributed by atoms with van der Waals surface area (Å²) in [6, 6.07) is 5.57. The van der Waals surface area contributed by atoms with Crippen LogP contribution in [0, 0.1) is 28.0 Å². The number of cyclic esters (lactones) is 1. The lowest BCUT2D eigenvalue weighted by Crippen LogP contribution is -2.53. The van der Waals surface area contributed by atoms with Gasteiger partial charge in [0.2, 0.25) is 0 Å². The van der Waals surface area contributed by atoms with Crippen LogP contribution < -0.4 is 0 Å². The minimum Gasteiger partial charge on any atom is -0.443 e. The molecular weight excluding hydrogens is 509 g/mol. The number of carbonyl (C=O) groups excluding carboxylic acids is 1. The Morgan fingerprint density at radius 2 is 2.03 bits per heavy atom. The van der Waals surface area contributed by atoms with Gasteiger partial charge in [-0.3, -0.25) is 4.79 Å². The first-order chi connectivity index (χ1) is 16.8. The Bertz CT molecular complexity index is 1200. The molecule has 4 atom stereocenters. The zero-order valence-electron chi connectivity index (χ0n) is 20.5. The van der Waals surface area contributed by atoms with E-state index >= 15 is 4.39 Å². The number of nitriles is 1. The summed E-state index contributed by atoms with van der Waals surface area (Å²) in [5.41, 5.74) is -2.48. The first kappa shape index (κ1) is 26.8. The summed E-state index contributed by atoms with van der Waals surface area (Å²) in [6.45, 7) is 7.88. The van der Waals surface area contributed by atoms with Gasteiger partial charge in [0.15, 0.2) is 5.72 Å². The molecule has 0 saturated carbocycles. The summed E-state index contributed by atoms with van der Waals surface area (Å²) in [6.07, 6.45) is 6.33. The van der Waals surface area contributed by atoms with Gasteiger partial charge >= 0.3 is 5.97 Å². The minimum atomic E-state index is -1.37. The smallest absolute Gasteiger partial charge is 0.325 e. The van der Waals surface area contributed by atoms with Gasteiger partial charge in [0, 0.05) is 22.4 Å². The molecule has 5 nitrogen and oxygen atoms in total. The second-order valence-corrected chi connectivity index (χ2v) is 11.4. The predicted molar refractivity (Wildman–Crippen MR) is 133 cm³/mol. The lowest BCUT2D eigenvalue weighted by molar-refractivity contribution is -0.156. The molecule has 4 rings (SSSR count). The molecule has 3 aliphatic heterocycles. The van der Waals surface area contributed by atoms with E-state index in [4.69, 9.17) is 32.7 Å². The van der Waals surface area contributed by atoms with E-state index in [2.05, 4.69) is 13.0 Å². The van der Waals surface area contributed by atoms with Gasteiger partial charge in [0.05, 0.1) is 30.1 Å². The highest BCUT2D eigenvalue weighted by Gasteiger charge is 2.69. The monoisotopic (exact) mass is 536 g/mol. The van der Waals surface area contributed by atoms with Crippen molar-refractivity contribution in [2.45, 2.75) is 57.8 Å².